The zero-order chi connectivity index (χ0) is 27.3. The van der Waals surface area contributed by atoms with Gasteiger partial charge in [-0.05, 0) is 18.6 Å². The molecule has 4 aromatic rings. The van der Waals surface area contributed by atoms with E-state index in [1.165, 1.54) is 18.2 Å². The third-order valence-electron chi connectivity index (χ3n) is 6.04. The Labute approximate surface area is 212 Å². The summed E-state index contributed by atoms with van der Waals surface area (Å²) in [5, 5.41) is -0.610. The lowest BCUT2D eigenvalue weighted by Gasteiger charge is -2.18. The number of carbonyl (C=O) groups excluding carboxylic acids is 1. The highest BCUT2D eigenvalue weighted by atomic mass is 32.2. The molecule has 198 valence electrons. The molecule has 0 atom stereocenters. The number of carbonyl (C=O) groups is 1. The second kappa shape index (κ2) is 9.45. The molecule has 0 radical (unpaired) electrons. The summed E-state index contributed by atoms with van der Waals surface area (Å²) in [4.78, 5) is 10.1. The first-order chi connectivity index (χ1) is 17.1. The van der Waals surface area contributed by atoms with Gasteiger partial charge in [-0.25, -0.2) is 0 Å². The summed E-state index contributed by atoms with van der Waals surface area (Å²) in [5.74, 6) is -0.939. The van der Waals surface area contributed by atoms with Gasteiger partial charge in [0.25, 0.3) is 30.4 Å². The summed E-state index contributed by atoms with van der Waals surface area (Å²) in [7, 11) is -15.0. The molecule has 11 nitrogen and oxygen atoms in total. The minimum atomic E-state index is -5.02. The maximum atomic E-state index is 12.5. The number of rotatable bonds is 9. The Hall–Kier alpha value is -2.88. The van der Waals surface area contributed by atoms with E-state index in [0.29, 0.717) is 12.5 Å². The first-order valence-corrected chi connectivity index (χ1v) is 15.4. The van der Waals surface area contributed by atoms with Crippen molar-refractivity contribution < 1.29 is 48.4 Å². The number of ether oxygens (including phenoxy) is 1. The van der Waals surface area contributed by atoms with Gasteiger partial charge in [0.2, 0.25) is 0 Å². The number of hydrogen-bond donors (Lipinski definition) is 3. The van der Waals surface area contributed by atoms with Crippen molar-refractivity contribution in [1.82, 2.24) is 0 Å². The number of esters is 1. The molecule has 0 unspecified atom stereocenters. The van der Waals surface area contributed by atoms with Gasteiger partial charge in [-0.1, -0.05) is 44.4 Å². The number of benzene rings is 4. The molecule has 0 aromatic heterocycles. The molecule has 0 aliphatic rings. The molecule has 4 rings (SSSR count). The van der Waals surface area contributed by atoms with E-state index < -0.39 is 51.0 Å². The minimum absolute atomic E-state index is 0.0307. The third-order valence-corrected chi connectivity index (χ3v) is 8.72. The molecule has 0 saturated heterocycles. The van der Waals surface area contributed by atoms with Crippen molar-refractivity contribution in [3.63, 3.8) is 0 Å². The molecule has 0 fully saturated rings. The molecule has 3 N–H and O–H groups in total. The molecule has 0 spiro atoms. The van der Waals surface area contributed by atoms with Crippen molar-refractivity contribution >= 4 is 68.6 Å². The lowest BCUT2D eigenvalue weighted by atomic mass is 9.93. The van der Waals surface area contributed by atoms with Crippen LogP contribution in [0.3, 0.4) is 0 Å². The fraction of sp³-hybridized carbons (Fsp3) is 0.261. The highest BCUT2D eigenvalue weighted by Crippen LogP contribution is 2.45. The SMILES string of the molecule is CCCCCCC(=O)Oc1cc(S(=O)(=O)O)c2ccc3c(S(=O)(=O)O)cc(S(=O)(=O)O)c4ccc1c2c43. The Morgan fingerprint density at radius 1 is 0.676 bits per heavy atom. The lowest BCUT2D eigenvalue weighted by molar-refractivity contribution is -0.134. The summed E-state index contributed by atoms with van der Waals surface area (Å²) in [6.45, 7) is 2.00. The Balaban J connectivity index is 2.12. The van der Waals surface area contributed by atoms with Crippen LogP contribution < -0.4 is 4.74 Å². The van der Waals surface area contributed by atoms with Gasteiger partial charge in [0.15, 0.2) is 0 Å². The Kier molecular flexibility index (Phi) is 6.94. The lowest BCUT2D eigenvalue weighted by Crippen LogP contribution is -2.10. The van der Waals surface area contributed by atoms with Crippen molar-refractivity contribution in [3.8, 4) is 5.75 Å². The van der Waals surface area contributed by atoms with Crippen LogP contribution in [0.4, 0.5) is 0 Å². The van der Waals surface area contributed by atoms with E-state index in [9.17, 15) is 43.7 Å². The first-order valence-electron chi connectivity index (χ1n) is 11.1. The molecule has 14 heteroatoms. The van der Waals surface area contributed by atoms with Gasteiger partial charge >= 0.3 is 5.97 Å². The highest BCUT2D eigenvalue weighted by Gasteiger charge is 2.28. The van der Waals surface area contributed by atoms with Gasteiger partial charge in [-0.3, -0.25) is 18.5 Å². The van der Waals surface area contributed by atoms with Crippen LogP contribution in [0.2, 0.25) is 0 Å². The summed E-state index contributed by atoms with van der Waals surface area (Å²) < 4.78 is 108. The maximum Gasteiger partial charge on any atom is 0.311 e. The monoisotopic (exact) mass is 570 g/mol. The van der Waals surface area contributed by atoms with Crippen LogP contribution in [-0.2, 0) is 35.1 Å². The molecule has 0 aliphatic carbocycles. The van der Waals surface area contributed by atoms with Crippen molar-refractivity contribution in [1.29, 1.82) is 0 Å². The van der Waals surface area contributed by atoms with Crippen LogP contribution in [-0.4, -0.2) is 44.9 Å². The molecule has 4 aromatic carbocycles. The Morgan fingerprint density at radius 2 is 1.11 bits per heavy atom. The van der Waals surface area contributed by atoms with Crippen LogP contribution in [0, 0.1) is 0 Å². The van der Waals surface area contributed by atoms with Gasteiger partial charge in [0.05, 0.1) is 0 Å². The fourth-order valence-corrected chi connectivity index (χ4v) is 6.67. The topological polar surface area (TPSA) is 189 Å². The zero-order valence-electron chi connectivity index (χ0n) is 19.3. The maximum absolute atomic E-state index is 12.5. The molecule has 0 heterocycles. The molecule has 0 saturated carbocycles. The Bertz CT molecular complexity index is 1820. The molecule has 0 bridgehead atoms. The van der Waals surface area contributed by atoms with Gasteiger partial charge in [0.1, 0.15) is 20.4 Å². The van der Waals surface area contributed by atoms with E-state index in [0.717, 1.165) is 31.4 Å². The van der Waals surface area contributed by atoms with Gasteiger partial charge in [-0.2, -0.15) is 25.3 Å². The second-order valence-electron chi connectivity index (χ2n) is 8.53. The largest absolute Gasteiger partial charge is 0.426 e. The molecule has 0 amide bonds. The quantitative estimate of drug-likeness (QED) is 0.0859. The molecule has 37 heavy (non-hydrogen) atoms. The van der Waals surface area contributed by atoms with E-state index >= 15 is 0 Å². The van der Waals surface area contributed by atoms with E-state index in [2.05, 4.69) is 0 Å². The van der Waals surface area contributed by atoms with E-state index in [1.807, 2.05) is 6.92 Å². The van der Waals surface area contributed by atoms with Crippen molar-refractivity contribution in [2.24, 2.45) is 0 Å². The normalized spacial score (nSPS) is 13.1. The van der Waals surface area contributed by atoms with Gasteiger partial charge in [-0.15, -0.1) is 0 Å². The summed E-state index contributed by atoms with van der Waals surface area (Å²) in [6.07, 6.45) is 3.18. The van der Waals surface area contributed by atoms with E-state index in [-0.39, 0.29) is 44.5 Å². The predicted octanol–water partition coefficient (Wildman–Crippen LogP) is 4.20. The van der Waals surface area contributed by atoms with Crippen molar-refractivity contribution in [2.75, 3.05) is 0 Å². The fourth-order valence-electron chi connectivity index (χ4n) is 4.46. The predicted molar refractivity (Wildman–Crippen MR) is 134 cm³/mol. The van der Waals surface area contributed by atoms with Crippen LogP contribution in [0.5, 0.6) is 5.75 Å². The molecule has 0 aliphatic heterocycles. The third kappa shape index (κ3) is 5.12. The molecular weight excluding hydrogens is 548 g/mol. The summed E-state index contributed by atoms with van der Waals surface area (Å²) >= 11 is 0. The first kappa shape index (κ1) is 27.2. The average molecular weight is 571 g/mol. The van der Waals surface area contributed by atoms with Crippen LogP contribution >= 0.6 is 0 Å². The summed E-state index contributed by atoms with van der Waals surface area (Å²) in [6, 6.07) is 6.40. The van der Waals surface area contributed by atoms with Crippen LogP contribution in [0.25, 0.3) is 32.3 Å². The highest BCUT2D eigenvalue weighted by molar-refractivity contribution is 7.87. The van der Waals surface area contributed by atoms with Crippen LogP contribution in [0.1, 0.15) is 39.0 Å². The molecular formula is C23H22O11S3. The Morgan fingerprint density at radius 3 is 1.57 bits per heavy atom. The zero-order valence-corrected chi connectivity index (χ0v) is 21.8. The second-order valence-corrected chi connectivity index (χ2v) is 12.7. The van der Waals surface area contributed by atoms with Gasteiger partial charge < -0.3 is 4.74 Å². The van der Waals surface area contributed by atoms with Crippen molar-refractivity contribution in [3.05, 3.63) is 36.4 Å². The standard InChI is InChI=1S/C23H22O11S3/c1-2-3-4-5-6-21(24)34-17-11-18(35(25,26)27)14-9-10-16-20(37(31,32)33)12-19(36(28,29)30)15-8-7-13(17)22(14)23(15)16/h7-12H,2-6H2,1H3,(H,25,26,27)(H,28,29,30)(H,31,32,33). The smallest absolute Gasteiger partial charge is 0.311 e. The minimum Gasteiger partial charge on any atom is -0.426 e. The van der Waals surface area contributed by atoms with E-state index in [4.69, 9.17) is 4.74 Å². The number of unbranched alkanes of at least 4 members (excludes halogenated alkanes) is 3. The van der Waals surface area contributed by atoms with E-state index in [1.54, 1.807) is 0 Å². The van der Waals surface area contributed by atoms with Gasteiger partial charge in [0, 0.05) is 44.8 Å². The number of hydrogen-bond acceptors (Lipinski definition) is 8. The summed E-state index contributed by atoms with van der Waals surface area (Å²) in [5.41, 5.74) is 0. The van der Waals surface area contributed by atoms with Crippen LogP contribution in [0.15, 0.2) is 51.1 Å². The average Bonchev–Trinajstić information content (AvgIpc) is 2.78. The van der Waals surface area contributed by atoms with Crippen molar-refractivity contribution in [2.45, 2.75) is 53.7 Å².